The fourth-order valence-electron chi connectivity index (χ4n) is 1.46. The average Bonchev–Trinajstić information content (AvgIpc) is 2.27. The Morgan fingerprint density at radius 2 is 2.18 bits per heavy atom. The minimum Gasteiger partial charge on any atom is -0.477 e. The number of hydrogen-bond acceptors (Lipinski definition) is 3. The van der Waals surface area contributed by atoms with Gasteiger partial charge in [-0.3, -0.25) is 0 Å². The summed E-state index contributed by atoms with van der Waals surface area (Å²) in [5, 5.41) is 9.47. The van der Waals surface area contributed by atoms with Crippen molar-refractivity contribution in [2.24, 2.45) is 5.73 Å². The summed E-state index contributed by atoms with van der Waals surface area (Å²) in [6.45, 7) is 1.96. The molecule has 0 aliphatic carbocycles. The van der Waals surface area contributed by atoms with Gasteiger partial charge in [0.1, 0.15) is 11.8 Å². The van der Waals surface area contributed by atoms with Crippen molar-refractivity contribution in [2.45, 2.75) is 25.8 Å². The third-order valence-corrected chi connectivity index (χ3v) is 2.87. The molecule has 1 unspecified atom stereocenters. The van der Waals surface area contributed by atoms with E-state index in [1.165, 1.54) is 0 Å². The van der Waals surface area contributed by atoms with E-state index in [0.29, 0.717) is 22.2 Å². The Kier molecular flexibility index (Phi) is 5.57. The van der Waals surface area contributed by atoms with Crippen molar-refractivity contribution < 1.29 is 4.74 Å². The van der Waals surface area contributed by atoms with Gasteiger partial charge in [-0.1, -0.05) is 30.1 Å². The zero-order valence-corrected chi connectivity index (χ0v) is 11.1. The van der Waals surface area contributed by atoms with E-state index in [4.69, 9.17) is 38.9 Å². The van der Waals surface area contributed by atoms with Gasteiger partial charge in [0.15, 0.2) is 6.61 Å². The maximum Gasteiger partial charge on any atom is 0.174 e. The second kappa shape index (κ2) is 6.70. The molecule has 0 saturated carbocycles. The Morgan fingerprint density at radius 3 is 2.76 bits per heavy atom. The highest BCUT2D eigenvalue weighted by molar-refractivity contribution is 6.35. The lowest BCUT2D eigenvalue weighted by atomic mass is 10.0. The molecule has 1 atom stereocenters. The number of ether oxygens (including phenoxy) is 1. The molecule has 0 fully saturated rings. The number of halogens is 2. The number of nitrogens with two attached hydrogens (primary N) is 1. The van der Waals surface area contributed by atoms with Crippen LogP contribution in [0, 0.1) is 11.3 Å². The van der Waals surface area contributed by atoms with E-state index in [0.717, 1.165) is 12.0 Å². The number of hydrogen-bond donors (Lipinski definition) is 1. The molecule has 2 N–H and O–H groups in total. The molecule has 0 heterocycles. The highest BCUT2D eigenvalue weighted by Gasteiger charge is 2.13. The van der Waals surface area contributed by atoms with Crippen molar-refractivity contribution in [1.82, 2.24) is 0 Å². The van der Waals surface area contributed by atoms with Crippen LogP contribution in [0.3, 0.4) is 0 Å². The van der Waals surface area contributed by atoms with Crippen molar-refractivity contribution in [3.05, 3.63) is 27.7 Å². The van der Waals surface area contributed by atoms with Crippen LogP contribution in [0.25, 0.3) is 0 Å². The van der Waals surface area contributed by atoms with E-state index in [1.807, 2.05) is 13.0 Å². The summed E-state index contributed by atoms with van der Waals surface area (Å²) < 4.78 is 5.31. The molecule has 1 rings (SSSR count). The third-order valence-electron chi connectivity index (χ3n) is 2.37. The van der Waals surface area contributed by atoms with Gasteiger partial charge in [0.25, 0.3) is 0 Å². The zero-order valence-electron chi connectivity index (χ0n) is 9.54. The van der Waals surface area contributed by atoms with Gasteiger partial charge in [-0.15, -0.1) is 0 Å². The van der Waals surface area contributed by atoms with Gasteiger partial charge in [-0.05, 0) is 30.5 Å². The molecule has 0 saturated heterocycles. The van der Waals surface area contributed by atoms with Gasteiger partial charge in [-0.25, -0.2) is 0 Å². The first-order valence-electron chi connectivity index (χ1n) is 5.31. The molecule has 1 aromatic carbocycles. The van der Waals surface area contributed by atoms with Gasteiger partial charge in [0.2, 0.25) is 0 Å². The van der Waals surface area contributed by atoms with E-state index in [1.54, 1.807) is 12.1 Å². The minimum atomic E-state index is -0.0459. The molecular formula is C12H14Cl2N2O. The smallest absolute Gasteiger partial charge is 0.174 e. The van der Waals surface area contributed by atoms with Crippen LogP contribution in [-0.2, 0) is 6.42 Å². The standard InChI is InChI=1S/C12H14Cl2N2O/c1-2-10(16)6-8-5-9(13)7-11(14)12(8)17-4-3-15/h5,7,10H,2,4,6,16H2,1H3. The molecule has 0 aromatic heterocycles. The lowest BCUT2D eigenvalue weighted by Crippen LogP contribution is -2.21. The first-order chi connectivity index (χ1) is 8.08. The summed E-state index contributed by atoms with van der Waals surface area (Å²) in [5.74, 6) is 0.501. The van der Waals surface area contributed by atoms with Crippen LogP contribution in [0.15, 0.2) is 12.1 Å². The van der Waals surface area contributed by atoms with Gasteiger partial charge in [0.05, 0.1) is 5.02 Å². The quantitative estimate of drug-likeness (QED) is 0.896. The lowest BCUT2D eigenvalue weighted by Gasteiger charge is -2.15. The van der Waals surface area contributed by atoms with Crippen LogP contribution in [0.1, 0.15) is 18.9 Å². The normalized spacial score (nSPS) is 11.9. The fourth-order valence-corrected chi connectivity index (χ4v) is 2.05. The molecule has 17 heavy (non-hydrogen) atoms. The Hall–Kier alpha value is -0.950. The van der Waals surface area contributed by atoms with Crippen molar-refractivity contribution in [2.75, 3.05) is 6.61 Å². The van der Waals surface area contributed by atoms with Crippen molar-refractivity contribution >= 4 is 23.2 Å². The highest BCUT2D eigenvalue weighted by atomic mass is 35.5. The molecule has 3 nitrogen and oxygen atoms in total. The predicted octanol–water partition coefficient (Wildman–Crippen LogP) is 3.18. The van der Waals surface area contributed by atoms with E-state index in [9.17, 15) is 0 Å². The second-order valence-electron chi connectivity index (χ2n) is 3.70. The average molecular weight is 273 g/mol. The molecule has 0 aliphatic heterocycles. The monoisotopic (exact) mass is 272 g/mol. The lowest BCUT2D eigenvalue weighted by molar-refractivity contribution is 0.363. The topological polar surface area (TPSA) is 59.0 Å². The van der Waals surface area contributed by atoms with Gasteiger partial charge >= 0.3 is 0 Å². The molecule has 92 valence electrons. The molecular weight excluding hydrogens is 259 g/mol. The van der Waals surface area contributed by atoms with E-state index < -0.39 is 0 Å². The zero-order chi connectivity index (χ0) is 12.8. The van der Waals surface area contributed by atoms with Crippen molar-refractivity contribution in [1.29, 1.82) is 5.26 Å². The first kappa shape index (κ1) is 14.1. The summed E-state index contributed by atoms with van der Waals surface area (Å²) in [6.07, 6.45) is 1.47. The van der Waals surface area contributed by atoms with Crippen molar-refractivity contribution in [3.63, 3.8) is 0 Å². The van der Waals surface area contributed by atoms with Gasteiger partial charge < -0.3 is 10.5 Å². The van der Waals surface area contributed by atoms with Crippen LogP contribution >= 0.6 is 23.2 Å². The number of nitriles is 1. The van der Waals surface area contributed by atoms with Crippen LogP contribution in [0.5, 0.6) is 5.75 Å². The highest BCUT2D eigenvalue weighted by Crippen LogP contribution is 2.33. The summed E-state index contributed by atoms with van der Waals surface area (Å²) in [7, 11) is 0. The molecule has 1 aromatic rings. The number of benzene rings is 1. The largest absolute Gasteiger partial charge is 0.477 e. The van der Waals surface area contributed by atoms with E-state index in [-0.39, 0.29) is 12.6 Å². The molecule has 0 spiro atoms. The first-order valence-corrected chi connectivity index (χ1v) is 6.07. The van der Waals surface area contributed by atoms with Crippen LogP contribution in [0.4, 0.5) is 0 Å². The maximum absolute atomic E-state index is 8.52. The third kappa shape index (κ3) is 4.08. The minimum absolute atomic E-state index is 0.0222. The summed E-state index contributed by atoms with van der Waals surface area (Å²) in [5.41, 5.74) is 6.74. The molecule has 0 radical (unpaired) electrons. The van der Waals surface area contributed by atoms with E-state index in [2.05, 4.69) is 0 Å². The summed E-state index contributed by atoms with van der Waals surface area (Å²) >= 11 is 12.0. The second-order valence-corrected chi connectivity index (χ2v) is 4.54. The van der Waals surface area contributed by atoms with Crippen LogP contribution in [-0.4, -0.2) is 12.6 Å². The Balaban J connectivity index is 3.02. The molecule has 5 heteroatoms. The predicted molar refractivity (Wildman–Crippen MR) is 69.5 cm³/mol. The Morgan fingerprint density at radius 1 is 1.47 bits per heavy atom. The molecule has 0 aliphatic rings. The van der Waals surface area contributed by atoms with Gasteiger partial charge in [0, 0.05) is 11.1 Å². The van der Waals surface area contributed by atoms with Crippen LogP contribution < -0.4 is 10.5 Å². The Labute approximate surface area is 111 Å². The maximum atomic E-state index is 8.52. The number of nitrogens with zero attached hydrogens (tertiary/aromatic N) is 1. The fraction of sp³-hybridized carbons (Fsp3) is 0.417. The van der Waals surface area contributed by atoms with Crippen LogP contribution in [0.2, 0.25) is 10.0 Å². The van der Waals surface area contributed by atoms with Crippen molar-refractivity contribution in [3.8, 4) is 11.8 Å². The summed E-state index contributed by atoms with van der Waals surface area (Å²) in [6, 6.07) is 5.30. The molecule has 0 amide bonds. The van der Waals surface area contributed by atoms with Gasteiger partial charge in [-0.2, -0.15) is 5.26 Å². The summed E-state index contributed by atoms with van der Waals surface area (Å²) in [4.78, 5) is 0. The SMILES string of the molecule is CCC(N)Cc1cc(Cl)cc(Cl)c1OCC#N. The van der Waals surface area contributed by atoms with E-state index >= 15 is 0 Å². The Bertz CT molecular complexity index is 429. The number of rotatable bonds is 5. The molecule has 0 bridgehead atoms.